The van der Waals surface area contributed by atoms with Gasteiger partial charge in [0.1, 0.15) is 0 Å². The van der Waals surface area contributed by atoms with Crippen molar-refractivity contribution >= 4 is 11.7 Å². The van der Waals surface area contributed by atoms with Gasteiger partial charge in [-0.05, 0) is 43.9 Å². The molecular formula is C14H22N2O2. The summed E-state index contributed by atoms with van der Waals surface area (Å²) < 4.78 is 0. The number of aliphatic hydroxyl groups excluding tert-OH is 1. The van der Waals surface area contributed by atoms with Crippen molar-refractivity contribution in [3.05, 3.63) is 29.8 Å². The number of aliphatic hydroxyl groups is 1. The molecule has 3 N–H and O–H groups in total. The third-order valence-corrected chi connectivity index (χ3v) is 2.63. The van der Waals surface area contributed by atoms with Crippen LogP contribution in [0.4, 0.5) is 10.5 Å². The van der Waals surface area contributed by atoms with Gasteiger partial charge in [0, 0.05) is 12.2 Å². The highest BCUT2D eigenvalue weighted by molar-refractivity contribution is 5.89. The molecule has 1 aromatic rings. The number of hydrogen-bond donors (Lipinski definition) is 3. The summed E-state index contributed by atoms with van der Waals surface area (Å²) in [5.74, 6) is 0.258. The van der Waals surface area contributed by atoms with Gasteiger partial charge in [0.2, 0.25) is 0 Å². The maximum Gasteiger partial charge on any atom is 0.319 e. The van der Waals surface area contributed by atoms with Crippen molar-refractivity contribution in [2.75, 3.05) is 11.9 Å². The van der Waals surface area contributed by atoms with Gasteiger partial charge < -0.3 is 15.7 Å². The molecule has 0 aromatic heterocycles. The molecular weight excluding hydrogens is 228 g/mol. The standard InChI is InChI=1S/C14H22N2O2/c1-10-5-4-6-13(8-10)16-14(18)15-9-11(2)7-12(3)17/h4-6,8,11-12,17H,7,9H2,1-3H3,(H2,15,16,18). The molecule has 0 radical (unpaired) electrons. The Balaban J connectivity index is 2.34. The van der Waals surface area contributed by atoms with E-state index in [1.54, 1.807) is 6.92 Å². The van der Waals surface area contributed by atoms with Crippen LogP contribution in [0.3, 0.4) is 0 Å². The zero-order chi connectivity index (χ0) is 13.5. The molecule has 4 heteroatoms. The van der Waals surface area contributed by atoms with Crippen LogP contribution in [0.5, 0.6) is 0 Å². The number of nitrogens with one attached hydrogen (secondary N) is 2. The van der Waals surface area contributed by atoms with Crippen LogP contribution in [-0.2, 0) is 0 Å². The number of anilines is 1. The van der Waals surface area contributed by atoms with Crippen molar-refractivity contribution in [2.45, 2.75) is 33.3 Å². The van der Waals surface area contributed by atoms with E-state index in [-0.39, 0.29) is 18.1 Å². The molecule has 2 atom stereocenters. The van der Waals surface area contributed by atoms with Gasteiger partial charge in [0.05, 0.1) is 6.10 Å². The van der Waals surface area contributed by atoms with E-state index in [2.05, 4.69) is 10.6 Å². The average molecular weight is 250 g/mol. The van der Waals surface area contributed by atoms with E-state index < -0.39 is 0 Å². The molecule has 2 unspecified atom stereocenters. The molecule has 0 aliphatic carbocycles. The number of hydrogen-bond acceptors (Lipinski definition) is 2. The monoisotopic (exact) mass is 250 g/mol. The second kappa shape index (κ2) is 7.01. The van der Waals surface area contributed by atoms with Crippen molar-refractivity contribution in [1.82, 2.24) is 5.32 Å². The van der Waals surface area contributed by atoms with E-state index in [9.17, 15) is 9.90 Å². The Morgan fingerprint density at radius 2 is 2.11 bits per heavy atom. The van der Waals surface area contributed by atoms with E-state index in [4.69, 9.17) is 0 Å². The summed E-state index contributed by atoms with van der Waals surface area (Å²) >= 11 is 0. The third kappa shape index (κ3) is 5.68. The topological polar surface area (TPSA) is 61.4 Å². The van der Waals surface area contributed by atoms with Gasteiger partial charge in [-0.15, -0.1) is 0 Å². The molecule has 0 aliphatic heterocycles. The second-order valence-corrected chi connectivity index (χ2v) is 4.89. The van der Waals surface area contributed by atoms with E-state index in [0.717, 1.165) is 11.3 Å². The molecule has 18 heavy (non-hydrogen) atoms. The quantitative estimate of drug-likeness (QED) is 0.752. The number of carbonyl (C=O) groups excluding carboxylic acids is 1. The van der Waals surface area contributed by atoms with Crippen molar-refractivity contribution in [3.8, 4) is 0 Å². The number of amides is 2. The summed E-state index contributed by atoms with van der Waals surface area (Å²) in [5, 5.41) is 14.8. The van der Waals surface area contributed by atoms with E-state index >= 15 is 0 Å². The number of benzene rings is 1. The predicted octanol–water partition coefficient (Wildman–Crippen LogP) is 2.52. The minimum atomic E-state index is -0.332. The Hall–Kier alpha value is -1.55. The van der Waals surface area contributed by atoms with E-state index in [1.807, 2.05) is 38.1 Å². The lowest BCUT2D eigenvalue weighted by atomic mass is 10.1. The molecule has 0 spiro atoms. The van der Waals surface area contributed by atoms with Crippen LogP contribution in [0.25, 0.3) is 0 Å². The number of rotatable bonds is 5. The van der Waals surface area contributed by atoms with Crippen LogP contribution in [0.15, 0.2) is 24.3 Å². The average Bonchev–Trinajstić information content (AvgIpc) is 2.25. The van der Waals surface area contributed by atoms with Crippen LogP contribution in [0, 0.1) is 12.8 Å². The van der Waals surface area contributed by atoms with Gasteiger partial charge in [0.15, 0.2) is 0 Å². The van der Waals surface area contributed by atoms with Crippen LogP contribution < -0.4 is 10.6 Å². The molecule has 0 bridgehead atoms. The molecule has 4 nitrogen and oxygen atoms in total. The Morgan fingerprint density at radius 1 is 1.39 bits per heavy atom. The fourth-order valence-corrected chi connectivity index (χ4v) is 1.83. The summed E-state index contributed by atoms with van der Waals surface area (Å²) in [7, 11) is 0. The number of urea groups is 1. The molecule has 0 heterocycles. The fraction of sp³-hybridized carbons (Fsp3) is 0.500. The lowest BCUT2D eigenvalue weighted by molar-refractivity contribution is 0.163. The van der Waals surface area contributed by atoms with E-state index in [0.29, 0.717) is 13.0 Å². The first-order valence-corrected chi connectivity index (χ1v) is 6.27. The Morgan fingerprint density at radius 3 is 2.72 bits per heavy atom. The van der Waals surface area contributed by atoms with Gasteiger partial charge in [-0.2, -0.15) is 0 Å². The Bertz CT molecular complexity index is 391. The third-order valence-electron chi connectivity index (χ3n) is 2.63. The van der Waals surface area contributed by atoms with Crippen LogP contribution in [0.1, 0.15) is 25.8 Å². The highest BCUT2D eigenvalue weighted by atomic mass is 16.3. The highest BCUT2D eigenvalue weighted by Crippen LogP contribution is 2.09. The van der Waals surface area contributed by atoms with Gasteiger partial charge in [-0.1, -0.05) is 19.1 Å². The minimum Gasteiger partial charge on any atom is -0.393 e. The first-order valence-electron chi connectivity index (χ1n) is 6.27. The molecule has 0 saturated heterocycles. The lowest BCUT2D eigenvalue weighted by Gasteiger charge is -2.14. The normalized spacial score (nSPS) is 13.8. The van der Waals surface area contributed by atoms with E-state index in [1.165, 1.54) is 0 Å². The number of carbonyl (C=O) groups is 1. The van der Waals surface area contributed by atoms with Crippen molar-refractivity contribution in [2.24, 2.45) is 5.92 Å². The minimum absolute atomic E-state index is 0.210. The molecule has 100 valence electrons. The lowest BCUT2D eigenvalue weighted by Crippen LogP contribution is -2.33. The summed E-state index contributed by atoms with van der Waals surface area (Å²) in [5.41, 5.74) is 1.89. The van der Waals surface area contributed by atoms with Crippen molar-refractivity contribution < 1.29 is 9.90 Å². The molecule has 2 amide bonds. The van der Waals surface area contributed by atoms with Crippen molar-refractivity contribution in [1.29, 1.82) is 0 Å². The summed E-state index contributed by atoms with van der Waals surface area (Å²) in [6.07, 6.45) is 0.353. The predicted molar refractivity (Wildman–Crippen MR) is 73.7 cm³/mol. The SMILES string of the molecule is Cc1cccc(NC(=O)NCC(C)CC(C)O)c1. The molecule has 0 fully saturated rings. The second-order valence-electron chi connectivity index (χ2n) is 4.89. The van der Waals surface area contributed by atoms with Crippen LogP contribution >= 0.6 is 0 Å². The maximum atomic E-state index is 11.6. The van der Waals surface area contributed by atoms with Crippen LogP contribution in [-0.4, -0.2) is 23.8 Å². The molecule has 1 rings (SSSR count). The first kappa shape index (κ1) is 14.5. The fourth-order valence-electron chi connectivity index (χ4n) is 1.83. The first-order chi connectivity index (χ1) is 8.47. The highest BCUT2D eigenvalue weighted by Gasteiger charge is 2.08. The van der Waals surface area contributed by atoms with Gasteiger partial charge >= 0.3 is 6.03 Å². The Kier molecular flexibility index (Phi) is 5.65. The smallest absolute Gasteiger partial charge is 0.319 e. The largest absolute Gasteiger partial charge is 0.393 e. The molecule has 0 aliphatic rings. The zero-order valence-electron chi connectivity index (χ0n) is 11.2. The molecule has 1 aromatic carbocycles. The summed E-state index contributed by atoms with van der Waals surface area (Å²) in [6, 6.07) is 7.44. The van der Waals surface area contributed by atoms with Crippen molar-refractivity contribution in [3.63, 3.8) is 0 Å². The van der Waals surface area contributed by atoms with Gasteiger partial charge in [0.25, 0.3) is 0 Å². The molecule has 0 saturated carbocycles. The van der Waals surface area contributed by atoms with Gasteiger partial charge in [-0.25, -0.2) is 4.79 Å². The maximum absolute atomic E-state index is 11.6. The zero-order valence-corrected chi connectivity index (χ0v) is 11.2. The van der Waals surface area contributed by atoms with Crippen LogP contribution in [0.2, 0.25) is 0 Å². The Labute approximate surface area is 108 Å². The number of aryl methyl sites for hydroxylation is 1. The van der Waals surface area contributed by atoms with Gasteiger partial charge in [-0.3, -0.25) is 0 Å². The summed E-state index contributed by atoms with van der Waals surface area (Å²) in [4.78, 5) is 11.6. The summed E-state index contributed by atoms with van der Waals surface area (Å²) in [6.45, 7) is 6.29.